The van der Waals surface area contributed by atoms with Crippen molar-refractivity contribution < 1.29 is 9.52 Å². The van der Waals surface area contributed by atoms with Crippen LogP contribution in [0.25, 0.3) is 22.8 Å². The van der Waals surface area contributed by atoms with E-state index in [1.165, 1.54) is 0 Å². The molecule has 1 N–H and O–H groups in total. The average molecular weight is 321 g/mol. The summed E-state index contributed by atoms with van der Waals surface area (Å²) >= 11 is 0. The minimum absolute atomic E-state index is 0.275. The lowest BCUT2D eigenvalue weighted by Crippen LogP contribution is -1.91. The molecule has 3 nitrogen and oxygen atoms in total. The van der Waals surface area contributed by atoms with Crippen LogP contribution in [0.15, 0.2) is 65.1 Å². The summed E-state index contributed by atoms with van der Waals surface area (Å²) in [6.07, 6.45) is 4.98. The molecule has 0 unspecified atom stereocenters. The molecule has 0 spiro atoms. The van der Waals surface area contributed by atoms with E-state index in [1.807, 2.05) is 48.5 Å². The van der Waals surface area contributed by atoms with Gasteiger partial charge in [-0.15, -0.1) is 0 Å². The highest BCUT2D eigenvalue weighted by Gasteiger charge is 2.15. The van der Waals surface area contributed by atoms with Crippen LogP contribution in [0.5, 0.6) is 0 Å². The first-order valence-corrected chi connectivity index (χ1v) is 8.60. The van der Waals surface area contributed by atoms with Gasteiger partial charge >= 0.3 is 0 Å². The molecule has 0 radical (unpaired) electrons. The number of aryl methyl sites for hydroxylation is 1. The minimum atomic E-state index is 0.275. The molecule has 0 aliphatic carbocycles. The molecule has 3 rings (SSSR count). The van der Waals surface area contributed by atoms with E-state index in [1.54, 1.807) is 0 Å². The Kier molecular flexibility index (Phi) is 5.80. The lowest BCUT2D eigenvalue weighted by atomic mass is 10.1. The Morgan fingerprint density at radius 3 is 2.04 bits per heavy atom. The predicted octanol–water partition coefficient (Wildman–Crippen LogP) is 5.10. The molecule has 0 saturated carbocycles. The summed E-state index contributed by atoms with van der Waals surface area (Å²) in [6, 6.07) is 20.2. The molecule has 1 aromatic heterocycles. The van der Waals surface area contributed by atoms with Crippen LogP contribution in [0.1, 0.15) is 31.4 Å². The largest absolute Gasteiger partial charge is 0.436 e. The fraction of sp³-hybridized carbons (Fsp3) is 0.286. The van der Waals surface area contributed by atoms with Crippen molar-refractivity contribution in [3.8, 4) is 22.8 Å². The van der Waals surface area contributed by atoms with Crippen molar-refractivity contribution in [2.75, 3.05) is 6.61 Å². The van der Waals surface area contributed by atoms with Gasteiger partial charge in [-0.3, -0.25) is 0 Å². The Hall–Kier alpha value is -2.39. The molecule has 0 fully saturated rings. The second kappa shape index (κ2) is 8.46. The van der Waals surface area contributed by atoms with Crippen LogP contribution in [0.3, 0.4) is 0 Å². The fourth-order valence-electron chi connectivity index (χ4n) is 2.80. The minimum Gasteiger partial charge on any atom is -0.436 e. The molecule has 24 heavy (non-hydrogen) atoms. The molecular formula is C21H23NO2. The predicted molar refractivity (Wildman–Crippen MR) is 96.6 cm³/mol. The number of aliphatic hydroxyl groups is 1. The monoisotopic (exact) mass is 321 g/mol. The molecule has 2 aromatic carbocycles. The van der Waals surface area contributed by atoms with Gasteiger partial charge in [-0.05, 0) is 31.4 Å². The third-order valence-electron chi connectivity index (χ3n) is 4.08. The number of hydrogen-bond acceptors (Lipinski definition) is 3. The molecule has 1 heterocycles. The molecule has 3 aromatic rings. The van der Waals surface area contributed by atoms with Crippen LogP contribution >= 0.6 is 0 Å². The van der Waals surface area contributed by atoms with Crippen LogP contribution in [0, 0.1) is 0 Å². The van der Waals surface area contributed by atoms with Crippen molar-refractivity contribution in [1.82, 2.24) is 4.98 Å². The quantitative estimate of drug-likeness (QED) is 0.587. The van der Waals surface area contributed by atoms with Gasteiger partial charge in [0.1, 0.15) is 0 Å². The van der Waals surface area contributed by atoms with E-state index in [-0.39, 0.29) is 6.61 Å². The van der Waals surface area contributed by atoms with Crippen LogP contribution in [-0.4, -0.2) is 16.7 Å². The highest BCUT2D eigenvalue weighted by Crippen LogP contribution is 2.30. The van der Waals surface area contributed by atoms with E-state index >= 15 is 0 Å². The Morgan fingerprint density at radius 2 is 1.38 bits per heavy atom. The van der Waals surface area contributed by atoms with Gasteiger partial charge in [0.05, 0.1) is 5.69 Å². The van der Waals surface area contributed by atoms with E-state index < -0.39 is 0 Å². The van der Waals surface area contributed by atoms with Crippen LogP contribution in [0.2, 0.25) is 0 Å². The van der Waals surface area contributed by atoms with E-state index in [0.717, 1.165) is 54.7 Å². The Balaban J connectivity index is 1.83. The maximum Gasteiger partial charge on any atom is 0.227 e. The van der Waals surface area contributed by atoms with Gasteiger partial charge in [-0.1, -0.05) is 61.4 Å². The fourth-order valence-corrected chi connectivity index (χ4v) is 2.80. The topological polar surface area (TPSA) is 46.3 Å². The zero-order chi connectivity index (χ0) is 16.6. The molecule has 0 saturated heterocycles. The number of rotatable bonds is 8. The summed E-state index contributed by atoms with van der Waals surface area (Å²) in [5.41, 5.74) is 3.09. The van der Waals surface area contributed by atoms with Gasteiger partial charge < -0.3 is 9.52 Å². The van der Waals surface area contributed by atoms with Crippen LogP contribution in [-0.2, 0) is 6.42 Å². The van der Waals surface area contributed by atoms with Gasteiger partial charge in [0.2, 0.25) is 5.89 Å². The van der Waals surface area contributed by atoms with Gasteiger partial charge in [-0.2, -0.15) is 0 Å². The zero-order valence-corrected chi connectivity index (χ0v) is 13.8. The van der Waals surface area contributed by atoms with Crippen molar-refractivity contribution in [1.29, 1.82) is 0 Å². The van der Waals surface area contributed by atoms with E-state index in [4.69, 9.17) is 14.5 Å². The van der Waals surface area contributed by atoms with Gasteiger partial charge in [0.25, 0.3) is 0 Å². The normalized spacial score (nSPS) is 10.9. The number of oxazole rings is 1. The van der Waals surface area contributed by atoms with Crippen molar-refractivity contribution in [3.05, 3.63) is 66.4 Å². The number of unbranched alkanes of at least 4 members (excludes halogenated alkanes) is 3. The zero-order valence-electron chi connectivity index (χ0n) is 13.8. The highest BCUT2D eigenvalue weighted by atomic mass is 16.4. The summed E-state index contributed by atoms with van der Waals surface area (Å²) in [5, 5.41) is 8.88. The molecule has 0 atom stereocenters. The van der Waals surface area contributed by atoms with E-state index in [9.17, 15) is 0 Å². The standard InChI is InChI=1S/C21H23NO2/c23-16-10-2-1-9-15-19-20(17-11-5-3-6-12-17)24-21(22-19)18-13-7-4-8-14-18/h3-8,11-14,23H,1-2,9-10,15-16H2. The maximum atomic E-state index is 8.88. The molecule has 0 aliphatic rings. The van der Waals surface area contributed by atoms with Crippen molar-refractivity contribution >= 4 is 0 Å². The average Bonchev–Trinajstić information content (AvgIpc) is 3.07. The summed E-state index contributed by atoms with van der Waals surface area (Å²) in [4.78, 5) is 4.76. The Morgan fingerprint density at radius 1 is 0.750 bits per heavy atom. The SMILES string of the molecule is OCCCCCCc1nc(-c2ccccc2)oc1-c1ccccc1. The Labute approximate surface area is 143 Å². The number of aromatic nitrogens is 1. The summed E-state index contributed by atoms with van der Waals surface area (Å²) in [5.74, 6) is 1.55. The van der Waals surface area contributed by atoms with Crippen molar-refractivity contribution in [3.63, 3.8) is 0 Å². The molecule has 0 aliphatic heterocycles. The maximum absolute atomic E-state index is 8.88. The third kappa shape index (κ3) is 4.12. The lowest BCUT2D eigenvalue weighted by Gasteiger charge is -2.01. The second-order valence-corrected chi connectivity index (χ2v) is 5.91. The van der Waals surface area contributed by atoms with Gasteiger partial charge in [0.15, 0.2) is 5.76 Å². The Bertz CT molecular complexity index is 735. The van der Waals surface area contributed by atoms with Gasteiger partial charge in [0, 0.05) is 17.7 Å². The second-order valence-electron chi connectivity index (χ2n) is 5.91. The van der Waals surface area contributed by atoms with Crippen molar-refractivity contribution in [2.24, 2.45) is 0 Å². The van der Waals surface area contributed by atoms with Crippen LogP contribution in [0.4, 0.5) is 0 Å². The number of nitrogens with zero attached hydrogens (tertiary/aromatic N) is 1. The van der Waals surface area contributed by atoms with Crippen LogP contribution < -0.4 is 0 Å². The summed E-state index contributed by atoms with van der Waals surface area (Å²) < 4.78 is 6.11. The van der Waals surface area contributed by atoms with Crippen molar-refractivity contribution in [2.45, 2.75) is 32.1 Å². The van der Waals surface area contributed by atoms with Gasteiger partial charge in [-0.25, -0.2) is 4.98 Å². The third-order valence-corrected chi connectivity index (χ3v) is 4.08. The van der Waals surface area contributed by atoms with E-state index in [2.05, 4.69) is 12.1 Å². The molecule has 3 heteroatoms. The smallest absolute Gasteiger partial charge is 0.227 e. The molecule has 0 bridgehead atoms. The lowest BCUT2D eigenvalue weighted by molar-refractivity contribution is 0.282. The summed E-state index contributed by atoms with van der Waals surface area (Å²) in [7, 11) is 0. The number of benzene rings is 2. The number of aliphatic hydroxyl groups excluding tert-OH is 1. The molecular weight excluding hydrogens is 298 g/mol. The first kappa shape index (κ1) is 16.5. The number of hydrogen-bond donors (Lipinski definition) is 1. The summed E-state index contributed by atoms with van der Waals surface area (Å²) in [6.45, 7) is 0.275. The molecule has 124 valence electrons. The first-order chi connectivity index (χ1) is 11.9. The first-order valence-electron chi connectivity index (χ1n) is 8.60. The molecule has 0 amide bonds. The highest BCUT2D eigenvalue weighted by molar-refractivity contribution is 5.64. The van der Waals surface area contributed by atoms with E-state index in [0.29, 0.717) is 5.89 Å².